The van der Waals surface area contributed by atoms with Gasteiger partial charge in [0.15, 0.2) is 5.75 Å². The van der Waals surface area contributed by atoms with E-state index in [0.717, 1.165) is 12.1 Å². The van der Waals surface area contributed by atoms with Crippen LogP contribution in [0, 0.1) is 6.92 Å². The highest BCUT2D eigenvalue weighted by Crippen LogP contribution is 2.34. The van der Waals surface area contributed by atoms with Crippen molar-refractivity contribution >= 4 is 11.5 Å². The van der Waals surface area contributed by atoms with E-state index < -0.39 is 17.7 Å². The predicted octanol–water partition coefficient (Wildman–Crippen LogP) is 4.15. The number of nitrogens with zero attached hydrogens (tertiary/aromatic N) is 2. The summed E-state index contributed by atoms with van der Waals surface area (Å²) in [5.41, 5.74) is -0.0222. The molecule has 1 N–H and O–H groups in total. The second kappa shape index (κ2) is 5.55. The molecule has 0 saturated heterocycles. The van der Waals surface area contributed by atoms with Gasteiger partial charge in [-0.15, -0.1) is 0 Å². The van der Waals surface area contributed by atoms with E-state index >= 15 is 0 Å². The Labute approximate surface area is 133 Å². The van der Waals surface area contributed by atoms with Crippen LogP contribution in [0.3, 0.4) is 0 Å². The van der Waals surface area contributed by atoms with Crippen molar-refractivity contribution in [3.8, 4) is 11.5 Å². The molecule has 0 aliphatic carbocycles. The summed E-state index contributed by atoms with van der Waals surface area (Å²) in [6.45, 7) is 1.58. The lowest BCUT2D eigenvalue weighted by molar-refractivity contribution is -0.137. The van der Waals surface area contributed by atoms with Crippen molar-refractivity contribution in [1.82, 2.24) is 9.38 Å². The Morgan fingerprint density at radius 1 is 1.33 bits per heavy atom. The van der Waals surface area contributed by atoms with Crippen molar-refractivity contribution in [2.75, 3.05) is 0 Å². The number of benzene rings is 1. The average molecular weight is 336 g/mol. The Hall–Kier alpha value is -3.03. The number of carbonyl (C=O) groups is 1. The Morgan fingerprint density at radius 2 is 2.08 bits per heavy atom. The molecule has 0 aliphatic rings. The van der Waals surface area contributed by atoms with E-state index in [2.05, 4.69) is 4.98 Å². The van der Waals surface area contributed by atoms with Crippen molar-refractivity contribution in [3.05, 3.63) is 59.7 Å². The summed E-state index contributed by atoms with van der Waals surface area (Å²) in [5, 5.41) is 9.42. The van der Waals surface area contributed by atoms with Gasteiger partial charge >= 0.3 is 12.1 Å². The van der Waals surface area contributed by atoms with Crippen molar-refractivity contribution < 1.29 is 27.8 Å². The van der Waals surface area contributed by atoms with E-state index in [9.17, 15) is 23.1 Å². The Bertz CT molecular complexity index is 932. The number of halogens is 3. The first-order chi connectivity index (χ1) is 11.3. The highest BCUT2D eigenvalue weighted by molar-refractivity contribution is 5.94. The molecule has 2 aromatic heterocycles. The van der Waals surface area contributed by atoms with E-state index in [-0.39, 0.29) is 17.1 Å². The number of imidazole rings is 1. The molecule has 5 nitrogen and oxygen atoms in total. The Balaban J connectivity index is 2.10. The number of ether oxygens (including phenoxy) is 1. The van der Waals surface area contributed by atoms with Gasteiger partial charge in [-0.3, -0.25) is 0 Å². The smallest absolute Gasteiger partial charge is 0.416 e. The molecule has 0 radical (unpaired) electrons. The molecule has 0 saturated carbocycles. The first-order valence-electron chi connectivity index (χ1n) is 6.81. The van der Waals surface area contributed by atoms with Crippen LogP contribution in [0.4, 0.5) is 13.2 Å². The van der Waals surface area contributed by atoms with Gasteiger partial charge in [0.1, 0.15) is 11.3 Å². The predicted molar refractivity (Wildman–Crippen MR) is 78.4 cm³/mol. The zero-order valence-corrected chi connectivity index (χ0v) is 12.3. The molecule has 0 spiro atoms. The number of aromatic nitrogens is 2. The molecule has 8 heteroatoms. The van der Waals surface area contributed by atoms with Crippen LogP contribution in [-0.2, 0) is 6.18 Å². The highest BCUT2D eigenvalue weighted by atomic mass is 19.4. The molecule has 0 amide bonds. The summed E-state index contributed by atoms with van der Waals surface area (Å²) in [4.78, 5) is 15.5. The van der Waals surface area contributed by atoms with E-state index in [0.29, 0.717) is 11.1 Å². The monoisotopic (exact) mass is 336 g/mol. The number of carboxylic acids is 1. The number of aromatic carboxylic acids is 1. The van der Waals surface area contributed by atoms with Crippen LogP contribution in [0.25, 0.3) is 5.52 Å². The molecule has 0 atom stereocenters. The number of carboxylic acid groups (broad SMARTS) is 1. The lowest BCUT2D eigenvalue weighted by atomic mass is 10.1. The van der Waals surface area contributed by atoms with Crippen LogP contribution >= 0.6 is 0 Å². The van der Waals surface area contributed by atoms with E-state index in [1.165, 1.54) is 30.9 Å². The molecule has 1 aromatic carbocycles. The molecule has 0 aliphatic heterocycles. The van der Waals surface area contributed by atoms with Gasteiger partial charge in [-0.1, -0.05) is 6.07 Å². The van der Waals surface area contributed by atoms with Crippen LogP contribution in [0.1, 0.15) is 21.5 Å². The summed E-state index contributed by atoms with van der Waals surface area (Å²) in [5.74, 6) is -1.41. The highest BCUT2D eigenvalue weighted by Gasteiger charge is 2.30. The lowest BCUT2D eigenvalue weighted by Crippen LogP contribution is -2.07. The fourth-order valence-electron chi connectivity index (χ4n) is 2.41. The minimum atomic E-state index is -4.51. The summed E-state index contributed by atoms with van der Waals surface area (Å²) >= 11 is 0. The quantitative estimate of drug-likeness (QED) is 0.780. The molecule has 3 rings (SSSR count). The number of pyridine rings is 1. The molecular weight excluding hydrogens is 325 g/mol. The number of hydrogen-bond donors (Lipinski definition) is 1. The maximum absolute atomic E-state index is 12.8. The number of hydrogen-bond acceptors (Lipinski definition) is 3. The van der Waals surface area contributed by atoms with Crippen LogP contribution in [0.15, 0.2) is 43.0 Å². The van der Waals surface area contributed by atoms with E-state index in [1.807, 2.05) is 0 Å². The molecule has 2 heterocycles. The van der Waals surface area contributed by atoms with Crippen molar-refractivity contribution in [2.45, 2.75) is 13.1 Å². The van der Waals surface area contributed by atoms with Crippen LogP contribution in [0.5, 0.6) is 11.5 Å². The summed E-state index contributed by atoms with van der Waals surface area (Å²) in [7, 11) is 0. The van der Waals surface area contributed by atoms with Crippen LogP contribution in [-0.4, -0.2) is 20.5 Å². The van der Waals surface area contributed by atoms with Gasteiger partial charge in [-0.25, -0.2) is 9.78 Å². The van der Waals surface area contributed by atoms with E-state index in [4.69, 9.17) is 4.74 Å². The lowest BCUT2D eigenvalue weighted by Gasteiger charge is -2.14. The Kier molecular flexibility index (Phi) is 3.67. The minimum Gasteiger partial charge on any atom is -0.478 e. The van der Waals surface area contributed by atoms with Gasteiger partial charge in [-0.2, -0.15) is 13.2 Å². The van der Waals surface area contributed by atoms with Gasteiger partial charge in [0.25, 0.3) is 0 Å². The third-order valence-corrected chi connectivity index (χ3v) is 3.53. The topological polar surface area (TPSA) is 63.8 Å². The normalized spacial score (nSPS) is 11.7. The fourth-order valence-corrected chi connectivity index (χ4v) is 2.41. The zero-order valence-electron chi connectivity index (χ0n) is 12.3. The van der Waals surface area contributed by atoms with Gasteiger partial charge in [0.05, 0.1) is 29.8 Å². The van der Waals surface area contributed by atoms with Crippen molar-refractivity contribution in [1.29, 1.82) is 0 Å². The summed E-state index contributed by atoms with van der Waals surface area (Å²) < 4.78 is 45.3. The van der Waals surface area contributed by atoms with Crippen LogP contribution in [0.2, 0.25) is 0 Å². The number of fused-ring (bicyclic) bond motifs is 1. The largest absolute Gasteiger partial charge is 0.478 e. The standard InChI is InChI=1S/C16H11F3N2O3/c1-9-12-6-20-8-21(12)7-13(14(9)15(22)23)24-11-4-2-3-10(5-11)16(17,18)19/h2-8H,1H3,(H,22,23). The summed E-state index contributed by atoms with van der Waals surface area (Å²) in [6.07, 6.45) is -0.193. The van der Waals surface area contributed by atoms with Gasteiger partial charge in [-0.05, 0) is 30.7 Å². The second-order valence-electron chi connectivity index (χ2n) is 5.11. The Morgan fingerprint density at radius 3 is 2.75 bits per heavy atom. The van der Waals surface area contributed by atoms with E-state index in [1.54, 1.807) is 11.3 Å². The summed E-state index contributed by atoms with van der Waals surface area (Å²) in [6, 6.07) is 4.25. The number of aryl methyl sites for hydroxylation is 1. The molecular formula is C16H11F3N2O3. The first kappa shape index (κ1) is 15.9. The van der Waals surface area contributed by atoms with Crippen LogP contribution < -0.4 is 4.74 Å². The van der Waals surface area contributed by atoms with Crippen molar-refractivity contribution in [3.63, 3.8) is 0 Å². The SMILES string of the molecule is Cc1c(C(=O)O)c(Oc2cccc(C(F)(F)F)c2)cn2cncc12. The molecule has 24 heavy (non-hydrogen) atoms. The first-order valence-corrected chi connectivity index (χ1v) is 6.81. The zero-order chi connectivity index (χ0) is 17.5. The van der Waals surface area contributed by atoms with Gasteiger partial charge in [0.2, 0.25) is 0 Å². The minimum absolute atomic E-state index is 0.0650. The third-order valence-electron chi connectivity index (χ3n) is 3.53. The number of alkyl halides is 3. The maximum Gasteiger partial charge on any atom is 0.416 e. The molecule has 3 aromatic rings. The third kappa shape index (κ3) is 2.78. The van der Waals surface area contributed by atoms with Gasteiger partial charge < -0.3 is 14.2 Å². The fraction of sp³-hybridized carbons (Fsp3) is 0.125. The average Bonchev–Trinajstić information content (AvgIpc) is 2.95. The molecule has 0 fully saturated rings. The van der Waals surface area contributed by atoms with Crippen molar-refractivity contribution in [2.24, 2.45) is 0 Å². The second-order valence-corrected chi connectivity index (χ2v) is 5.11. The molecule has 0 bridgehead atoms. The molecule has 124 valence electrons. The number of rotatable bonds is 3. The van der Waals surface area contributed by atoms with Gasteiger partial charge in [0, 0.05) is 0 Å². The molecule has 0 unspecified atom stereocenters. The maximum atomic E-state index is 12.8.